The molecular weight excluding hydrogens is 468 g/mol. The maximum absolute atomic E-state index is 13.0. The molecule has 3 amide bonds. The topological polar surface area (TPSA) is 86.4 Å². The number of hydrogen-bond acceptors (Lipinski definition) is 6. The van der Waals surface area contributed by atoms with E-state index in [1.165, 1.54) is 10.4 Å². The number of likely N-dealkylation sites (tertiary alicyclic amines) is 1. The molecule has 0 bridgehead atoms. The van der Waals surface area contributed by atoms with Crippen molar-refractivity contribution in [2.24, 2.45) is 0 Å². The average Bonchev–Trinajstić information content (AvgIpc) is 3.58. The van der Waals surface area contributed by atoms with Crippen LogP contribution in [0.4, 0.5) is 4.79 Å². The number of rotatable bonds is 4. The van der Waals surface area contributed by atoms with Crippen LogP contribution >= 0.6 is 23.1 Å². The lowest BCUT2D eigenvalue weighted by Crippen LogP contribution is -2.40. The van der Waals surface area contributed by atoms with E-state index in [9.17, 15) is 19.6 Å². The lowest BCUT2D eigenvalue weighted by Gasteiger charge is -2.18. The van der Waals surface area contributed by atoms with Crippen molar-refractivity contribution in [1.29, 1.82) is 5.26 Å². The minimum Gasteiger partial charge on any atom is -0.341 e. The third-order valence-electron chi connectivity index (χ3n) is 6.85. The van der Waals surface area contributed by atoms with Gasteiger partial charge in [0.15, 0.2) is 0 Å². The number of imide groups is 1. The first-order chi connectivity index (χ1) is 16.4. The lowest BCUT2D eigenvalue weighted by atomic mass is 9.96. The van der Waals surface area contributed by atoms with Crippen LogP contribution in [0.25, 0.3) is 11.1 Å². The van der Waals surface area contributed by atoms with Gasteiger partial charge >= 0.3 is 0 Å². The minimum atomic E-state index is -0.420. The molecule has 0 saturated carbocycles. The van der Waals surface area contributed by atoms with E-state index in [2.05, 4.69) is 10.6 Å². The molecule has 2 fully saturated rings. The number of aromatic nitrogens is 1. The zero-order valence-electron chi connectivity index (χ0n) is 19.3. The summed E-state index contributed by atoms with van der Waals surface area (Å²) in [7, 11) is 0. The van der Waals surface area contributed by atoms with Crippen molar-refractivity contribution in [3.05, 3.63) is 43.9 Å². The largest absolute Gasteiger partial charge is 0.341 e. The Kier molecular flexibility index (Phi) is 6.13. The molecule has 176 valence electrons. The number of nitriles is 1. The summed E-state index contributed by atoms with van der Waals surface area (Å²) in [5.41, 5.74) is 4.68. The van der Waals surface area contributed by atoms with Gasteiger partial charge in [0, 0.05) is 29.4 Å². The molecule has 3 aliphatic rings. The summed E-state index contributed by atoms with van der Waals surface area (Å²) in [5.74, 6) is -0.596. The molecule has 7 nitrogen and oxygen atoms in total. The van der Waals surface area contributed by atoms with Crippen LogP contribution in [0.3, 0.4) is 0 Å². The van der Waals surface area contributed by atoms with Gasteiger partial charge in [0.1, 0.15) is 17.6 Å². The second-order valence-corrected chi connectivity index (χ2v) is 11.1. The van der Waals surface area contributed by atoms with Crippen molar-refractivity contribution in [1.82, 2.24) is 14.4 Å². The fraction of sp³-hybridized carbons (Fsp3) is 0.440. The van der Waals surface area contributed by atoms with E-state index in [4.69, 9.17) is 0 Å². The van der Waals surface area contributed by atoms with Gasteiger partial charge in [-0.25, -0.2) is 0 Å². The highest BCUT2D eigenvalue weighted by Crippen LogP contribution is 2.39. The zero-order valence-corrected chi connectivity index (χ0v) is 21.0. The van der Waals surface area contributed by atoms with Crippen LogP contribution in [-0.2, 0) is 22.4 Å². The molecule has 0 spiro atoms. The Morgan fingerprint density at radius 3 is 2.62 bits per heavy atom. The number of carbonyl (C=O) groups excluding carboxylic acids is 3. The summed E-state index contributed by atoms with van der Waals surface area (Å²) in [6, 6.07) is 4.41. The molecular formula is C25H26N4O3S2. The van der Waals surface area contributed by atoms with E-state index in [-0.39, 0.29) is 12.5 Å². The molecule has 0 radical (unpaired) electrons. The van der Waals surface area contributed by atoms with Crippen LogP contribution in [0.2, 0.25) is 0 Å². The molecule has 0 unspecified atom stereocenters. The van der Waals surface area contributed by atoms with Crippen molar-refractivity contribution >= 4 is 46.2 Å². The van der Waals surface area contributed by atoms with E-state index < -0.39 is 11.1 Å². The molecule has 2 saturated heterocycles. The van der Waals surface area contributed by atoms with Crippen molar-refractivity contribution in [2.45, 2.75) is 52.4 Å². The molecule has 0 aromatic carbocycles. The van der Waals surface area contributed by atoms with Crippen LogP contribution < -0.4 is 0 Å². The summed E-state index contributed by atoms with van der Waals surface area (Å²) in [6.07, 6.45) is 7.90. The van der Waals surface area contributed by atoms with Gasteiger partial charge in [-0.2, -0.15) is 5.26 Å². The number of amides is 3. The van der Waals surface area contributed by atoms with Gasteiger partial charge in [0.2, 0.25) is 5.91 Å². The van der Waals surface area contributed by atoms with Gasteiger partial charge in [-0.15, -0.1) is 11.3 Å². The zero-order chi connectivity index (χ0) is 24.0. The Labute approximate surface area is 207 Å². The Hall–Kier alpha value is -2.83. The molecule has 5 rings (SSSR count). The predicted molar refractivity (Wildman–Crippen MR) is 133 cm³/mol. The van der Waals surface area contributed by atoms with E-state index in [1.807, 2.05) is 19.9 Å². The lowest BCUT2D eigenvalue weighted by molar-refractivity contribution is -0.135. The quantitative estimate of drug-likeness (QED) is 0.582. The molecule has 2 aromatic rings. The SMILES string of the molecule is Cc1cc(/C=C2/SC(=O)N(CC(=O)N3CCCC3)C2=O)c(C)n1-c1sc2c(c1C#N)CCCC2. The smallest absolute Gasteiger partial charge is 0.294 e. The Morgan fingerprint density at radius 1 is 1.15 bits per heavy atom. The second kappa shape index (κ2) is 9.08. The van der Waals surface area contributed by atoms with Gasteiger partial charge in [-0.1, -0.05) is 0 Å². The number of carbonyl (C=O) groups is 3. The van der Waals surface area contributed by atoms with Crippen molar-refractivity contribution < 1.29 is 14.4 Å². The fourth-order valence-corrected chi connectivity index (χ4v) is 7.33. The standard InChI is InChI=1S/C25H26N4O3S2/c1-15-11-17(16(2)29(15)24-19(13-26)18-7-3-4-8-20(18)33-24)12-21-23(31)28(25(32)34-21)14-22(30)27-9-5-6-10-27/h11-12H,3-10,14H2,1-2H3/b21-12+. The van der Waals surface area contributed by atoms with Gasteiger partial charge in [-0.3, -0.25) is 19.3 Å². The number of nitrogens with zero attached hydrogens (tertiary/aromatic N) is 4. The first kappa shape index (κ1) is 22.9. The maximum atomic E-state index is 13.0. The average molecular weight is 495 g/mol. The Bertz CT molecular complexity index is 1270. The molecule has 1 aliphatic carbocycles. The summed E-state index contributed by atoms with van der Waals surface area (Å²) in [6.45, 7) is 5.14. The fourth-order valence-electron chi connectivity index (χ4n) is 5.05. The van der Waals surface area contributed by atoms with Crippen LogP contribution in [0.15, 0.2) is 11.0 Å². The molecule has 2 aliphatic heterocycles. The van der Waals surface area contributed by atoms with Crippen molar-refractivity contribution in [3.63, 3.8) is 0 Å². The molecule has 0 N–H and O–H groups in total. The van der Waals surface area contributed by atoms with E-state index in [1.54, 1.807) is 22.3 Å². The third-order valence-corrected chi connectivity index (χ3v) is 9.03. The van der Waals surface area contributed by atoms with Gasteiger partial charge in [0.25, 0.3) is 11.1 Å². The molecule has 34 heavy (non-hydrogen) atoms. The molecule has 9 heteroatoms. The first-order valence-corrected chi connectivity index (χ1v) is 13.3. The van der Waals surface area contributed by atoms with Gasteiger partial charge in [-0.05, 0) is 87.4 Å². The predicted octanol–water partition coefficient (Wildman–Crippen LogP) is 4.56. The van der Waals surface area contributed by atoms with E-state index in [0.29, 0.717) is 18.0 Å². The number of aryl methyl sites for hydroxylation is 2. The molecule has 4 heterocycles. The van der Waals surface area contributed by atoms with Gasteiger partial charge < -0.3 is 9.47 Å². The summed E-state index contributed by atoms with van der Waals surface area (Å²) in [4.78, 5) is 42.4. The second-order valence-electron chi connectivity index (χ2n) is 9.02. The third kappa shape index (κ3) is 3.89. The Morgan fingerprint density at radius 2 is 1.88 bits per heavy atom. The van der Waals surface area contributed by atoms with Gasteiger partial charge in [0.05, 0.1) is 10.5 Å². The maximum Gasteiger partial charge on any atom is 0.294 e. The van der Waals surface area contributed by atoms with Crippen LogP contribution in [0.1, 0.15) is 58.6 Å². The van der Waals surface area contributed by atoms with E-state index >= 15 is 0 Å². The highest BCUT2D eigenvalue weighted by molar-refractivity contribution is 8.18. The minimum absolute atomic E-state index is 0.176. The van der Waals surface area contributed by atoms with Crippen LogP contribution in [0, 0.1) is 25.2 Å². The highest BCUT2D eigenvalue weighted by atomic mass is 32.2. The molecule has 0 atom stereocenters. The summed E-state index contributed by atoms with van der Waals surface area (Å²) < 4.78 is 2.09. The van der Waals surface area contributed by atoms with Crippen LogP contribution in [-0.4, -0.2) is 51.1 Å². The first-order valence-electron chi connectivity index (χ1n) is 11.7. The number of fused-ring (bicyclic) bond motifs is 1. The Balaban J connectivity index is 1.43. The number of hydrogen-bond donors (Lipinski definition) is 0. The number of thiophene rings is 1. The summed E-state index contributed by atoms with van der Waals surface area (Å²) >= 11 is 2.57. The van der Waals surface area contributed by atoms with Crippen molar-refractivity contribution in [2.75, 3.05) is 19.6 Å². The molecule has 2 aromatic heterocycles. The number of thioether (sulfide) groups is 1. The summed E-state index contributed by atoms with van der Waals surface area (Å²) in [5, 5.41) is 10.4. The monoisotopic (exact) mass is 494 g/mol. The van der Waals surface area contributed by atoms with Crippen molar-refractivity contribution in [3.8, 4) is 11.1 Å². The van der Waals surface area contributed by atoms with E-state index in [0.717, 1.165) is 82.7 Å². The highest BCUT2D eigenvalue weighted by Gasteiger charge is 2.37. The normalized spacial score (nSPS) is 19.3. The van der Waals surface area contributed by atoms with Crippen LogP contribution in [0.5, 0.6) is 0 Å².